The highest BCUT2D eigenvalue weighted by Crippen LogP contribution is 2.36. The molecule has 1 aromatic heterocycles. The van der Waals surface area contributed by atoms with E-state index < -0.39 is 5.41 Å². The highest BCUT2D eigenvalue weighted by atomic mass is 32.1. The Morgan fingerprint density at radius 2 is 1.75 bits per heavy atom. The number of hydrogen-bond donors (Lipinski definition) is 1. The Kier molecular flexibility index (Phi) is 5.94. The summed E-state index contributed by atoms with van der Waals surface area (Å²) in [6, 6.07) is 12.6. The van der Waals surface area contributed by atoms with Crippen molar-refractivity contribution >= 4 is 23.2 Å². The number of nitrogens with zero attached hydrogens (tertiary/aromatic N) is 1. The van der Waals surface area contributed by atoms with Gasteiger partial charge < -0.3 is 10.6 Å². The lowest BCUT2D eigenvalue weighted by atomic mass is 9.73. The van der Waals surface area contributed by atoms with Crippen molar-refractivity contribution < 1.29 is 9.59 Å². The summed E-state index contributed by atoms with van der Waals surface area (Å²) in [5.41, 5.74) is 7.55. The number of piperidine rings is 1. The minimum absolute atomic E-state index is 0.0282. The maximum Gasteiger partial charge on any atom is 0.224 e. The molecule has 1 aliphatic heterocycles. The van der Waals surface area contributed by atoms with Crippen molar-refractivity contribution in [2.45, 2.75) is 46.5 Å². The highest BCUT2D eigenvalue weighted by molar-refractivity contribution is 7.13. The van der Waals surface area contributed by atoms with E-state index >= 15 is 0 Å². The molecule has 0 radical (unpaired) electrons. The summed E-state index contributed by atoms with van der Waals surface area (Å²) in [6.45, 7) is 7.42. The van der Waals surface area contributed by atoms with Gasteiger partial charge in [0.25, 0.3) is 0 Å². The molecule has 0 bridgehead atoms. The van der Waals surface area contributed by atoms with Crippen LogP contribution >= 0.6 is 11.3 Å². The van der Waals surface area contributed by atoms with Crippen molar-refractivity contribution in [3.8, 4) is 10.4 Å². The molecule has 0 aliphatic carbocycles. The molecule has 0 atom stereocenters. The molecule has 1 saturated heterocycles. The molecule has 0 saturated carbocycles. The number of carbonyl (C=O) groups is 2. The second-order valence-electron chi connectivity index (χ2n) is 9.11. The monoisotopic (exact) mass is 398 g/mol. The second-order valence-corrected chi connectivity index (χ2v) is 10.1. The van der Waals surface area contributed by atoms with Gasteiger partial charge in [-0.25, -0.2) is 0 Å². The third-order valence-corrected chi connectivity index (χ3v) is 6.50. The third kappa shape index (κ3) is 4.82. The molecule has 2 amide bonds. The van der Waals surface area contributed by atoms with Gasteiger partial charge in [-0.15, -0.1) is 11.3 Å². The van der Waals surface area contributed by atoms with Crippen LogP contribution in [-0.4, -0.2) is 29.8 Å². The first kappa shape index (κ1) is 20.6. The van der Waals surface area contributed by atoms with Gasteiger partial charge in [-0.2, -0.15) is 0 Å². The fourth-order valence-electron chi connectivity index (χ4n) is 3.88. The number of amides is 2. The summed E-state index contributed by atoms with van der Waals surface area (Å²) < 4.78 is 0. The van der Waals surface area contributed by atoms with Crippen LogP contribution in [-0.2, 0) is 16.0 Å². The van der Waals surface area contributed by atoms with Crippen LogP contribution in [0.3, 0.4) is 0 Å². The van der Waals surface area contributed by atoms with Crippen LogP contribution in [0.25, 0.3) is 10.4 Å². The topological polar surface area (TPSA) is 63.4 Å². The van der Waals surface area contributed by atoms with Crippen LogP contribution in [0.4, 0.5) is 0 Å². The van der Waals surface area contributed by atoms with Gasteiger partial charge in [0.2, 0.25) is 11.8 Å². The molecule has 5 heteroatoms. The first-order valence-electron chi connectivity index (χ1n) is 9.89. The molecule has 0 spiro atoms. The van der Waals surface area contributed by atoms with Crippen LogP contribution < -0.4 is 5.73 Å². The first-order chi connectivity index (χ1) is 13.2. The Morgan fingerprint density at radius 3 is 2.25 bits per heavy atom. The third-order valence-electron chi connectivity index (χ3n) is 5.58. The van der Waals surface area contributed by atoms with Gasteiger partial charge in [0.05, 0.1) is 5.41 Å². The van der Waals surface area contributed by atoms with Gasteiger partial charge in [0.1, 0.15) is 0 Å². The molecule has 28 heavy (non-hydrogen) atoms. The molecule has 4 nitrogen and oxygen atoms in total. The molecule has 1 aromatic carbocycles. The summed E-state index contributed by atoms with van der Waals surface area (Å²) >= 11 is 1.72. The van der Waals surface area contributed by atoms with Gasteiger partial charge >= 0.3 is 0 Å². The van der Waals surface area contributed by atoms with Crippen molar-refractivity contribution in [1.29, 1.82) is 0 Å². The summed E-state index contributed by atoms with van der Waals surface area (Å²) in [7, 11) is 0. The summed E-state index contributed by atoms with van der Waals surface area (Å²) in [6.07, 6.45) is 2.42. The molecule has 2 aromatic rings. The Morgan fingerprint density at radius 1 is 1.11 bits per heavy atom. The van der Waals surface area contributed by atoms with E-state index in [1.54, 1.807) is 11.3 Å². The average molecular weight is 399 g/mol. The zero-order valence-corrected chi connectivity index (χ0v) is 17.8. The van der Waals surface area contributed by atoms with E-state index in [9.17, 15) is 9.59 Å². The normalized spacial score (nSPS) is 16.8. The molecule has 1 fully saturated rings. The Hall–Kier alpha value is -2.14. The van der Waals surface area contributed by atoms with Crippen LogP contribution in [0.15, 0.2) is 41.8 Å². The SMILES string of the molecule is CC(C)(C)CC(=O)N1CCC(Cc2ccc(-c3cccs3)cc2)(C(N)=O)CC1. The van der Waals surface area contributed by atoms with Crippen LogP contribution in [0.1, 0.15) is 45.6 Å². The van der Waals surface area contributed by atoms with Gasteiger partial charge in [0.15, 0.2) is 0 Å². The Labute approximate surface area is 171 Å². The van der Waals surface area contributed by atoms with Gasteiger partial charge in [-0.1, -0.05) is 51.1 Å². The minimum atomic E-state index is -0.567. The van der Waals surface area contributed by atoms with Crippen molar-refractivity contribution in [3.05, 3.63) is 47.3 Å². The number of rotatable bonds is 5. The quantitative estimate of drug-likeness (QED) is 0.807. The minimum Gasteiger partial charge on any atom is -0.369 e. The number of likely N-dealkylation sites (tertiary alicyclic amines) is 1. The van der Waals surface area contributed by atoms with Crippen molar-refractivity contribution in [2.75, 3.05) is 13.1 Å². The number of hydrogen-bond acceptors (Lipinski definition) is 3. The van der Waals surface area contributed by atoms with Gasteiger partial charge in [0, 0.05) is 24.4 Å². The predicted octanol–water partition coefficient (Wildman–Crippen LogP) is 4.49. The number of carbonyl (C=O) groups excluding carboxylic acids is 2. The summed E-state index contributed by atoms with van der Waals surface area (Å²) in [5.74, 6) is -0.0800. The maximum absolute atomic E-state index is 12.5. The molecular formula is C23H30N2O2S. The van der Waals surface area contributed by atoms with Crippen molar-refractivity contribution in [3.63, 3.8) is 0 Å². The molecule has 1 aliphatic rings. The zero-order valence-electron chi connectivity index (χ0n) is 17.0. The van der Waals surface area contributed by atoms with Crippen LogP contribution in [0, 0.1) is 10.8 Å². The molecule has 2 N–H and O–H groups in total. The van der Waals surface area contributed by atoms with Crippen LogP contribution in [0.2, 0.25) is 0 Å². The smallest absolute Gasteiger partial charge is 0.224 e. The largest absolute Gasteiger partial charge is 0.369 e. The van der Waals surface area contributed by atoms with E-state index in [4.69, 9.17) is 5.73 Å². The molecular weight excluding hydrogens is 368 g/mol. The van der Waals surface area contributed by atoms with Crippen molar-refractivity contribution in [1.82, 2.24) is 4.90 Å². The zero-order chi connectivity index (χ0) is 20.4. The van der Waals surface area contributed by atoms with Crippen LogP contribution in [0.5, 0.6) is 0 Å². The lowest BCUT2D eigenvalue weighted by molar-refractivity contribution is -0.140. The fourth-order valence-corrected chi connectivity index (χ4v) is 4.61. The van der Waals surface area contributed by atoms with E-state index in [0.29, 0.717) is 38.8 Å². The molecule has 0 unspecified atom stereocenters. The standard InChI is InChI=1S/C23H30N2O2S/c1-22(2,3)16-20(26)25-12-10-23(11-13-25,21(24)27)15-17-6-8-18(9-7-17)19-5-4-14-28-19/h4-9,14H,10-13,15-16H2,1-3H3,(H2,24,27). The summed E-state index contributed by atoms with van der Waals surface area (Å²) in [4.78, 5) is 28.0. The fraction of sp³-hybridized carbons (Fsp3) is 0.478. The first-order valence-corrected chi connectivity index (χ1v) is 10.8. The lowest BCUT2D eigenvalue weighted by Gasteiger charge is -2.40. The molecule has 3 rings (SSSR count). The highest BCUT2D eigenvalue weighted by Gasteiger charge is 2.41. The van der Waals surface area contributed by atoms with E-state index in [1.165, 1.54) is 10.4 Å². The number of primary amides is 1. The molecule has 2 heterocycles. The Balaban J connectivity index is 1.67. The van der Waals surface area contributed by atoms with E-state index in [0.717, 1.165) is 5.56 Å². The van der Waals surface area contributed by atoms with E-state index in [2.05, 4.69) is 56.5 Å². The predicted molar refractivity (Wildman–Crippen MR) is 115 cm³/mol. The summed E-state index contributed by atoms with van der Waals surface area (Å²) in [5, 5.41) is 2.07. The molecule has 150 valence electrons. The maximum atomic E-state index is 12.5. The number of thiophene rings is 1. The van der Waals surface area contributed by atoms with Gasteiger partial charge in [-0.3, -0.25) is 9.59 Å². The van der Waals surface area contributed by atoms with Crippen molar-refractivity contribution in [2.24, 2.45) is 16.6 Å². The van der Waals surface area contributed by atoms with E-state index in [1.807, 2.05) is 11.0 Å². The lowest BCUT2D eigenvalue weighted by Crippen LogP contribution is -2.50. The average Bonchev–Trinajstić information content (AvgIpc) is 3.16. The number of benzene rings is 1. The Bertz CT molecular complexity index is 811. The van der Waals surface area contributed by atoms with Gasteiger partial charge in [-0.05, 0) is 47.3 Å². The number of nitrogens with two attached hydrogens (primary N) is 1. The van der Waals surface area contributed by atoms with E-state index in [-0.39, 0.29) is 17.2 Å². The second kappa shape index (κ2) is 8.08.